The van der Waals surface area contributed by atoms with Crippen LogP contribution in [0.4, 0.5) is 0 Å². The molecule has 0 bridgehead atoms. The summed E-state index contributed by atoms with van der Waals surface area (Å²) in [6, 6.07) is 0.0316. The molecule has 0 aromatic rings. The summed E-state index contributed by atoms with van der Waals surface area (Å²) in [6.45, 7) is 0.796. The van der Waals surface area contributed by atoms with E-state index in [-0.39, 0.29) is 24.1 Å². The lowest BCUT2D eigenvalue weighted by Crippen LogP contribution is -2.55. The molecule has 0 radical (unpaired) electrons. The summed E-state index contributed by atoms with van der Waals surface area (Å²) in [6.07, 6.45) is 5.78. The smallest absolute Gasteiger partial charge is 0.237 e. The summed E-state index contributed by atoms with van der Waals surface area (Å²) in [4.78, 5) is 11.5. The highest BCUT2D eigenvalue weighted by molar-refractivity contribution is 5.82. The van der Waals surface area contributed by atoms with Crippen molar-refractivity contribution in [1.82, 2.24) is 10.6 Å². The summed E-state index contributed by atoms with van der Waals surface area (Å²) in [5.41, 5.74) is 0. The Morgan fingerprint density at radius 2 is 2.00 bits per heavy atom. The van der Waals surface area contributed by atoms with Crippen molar-refractivity contribution < 1.29 is 9.90 Å². The minimum Gasteiger partial charge on any atom is -0.392 e. The third-order valence-electron chi connectivity index (χ3n) is 3.43. The van der Waals surface area contributed by atoms with Crippen molar-refractivity contribution in [3.63, 3.8) is 0 Å². The molecule has 1 aliphatic carbocycles. The highest BCUT2D eigenvalue weighted by Crippen LogP contribution is 2.19. The van der Waals surface area contributed by atoms with E-state index < -0.39 is 0 Å². The van der Waals surface area contributed by atoms with Crippen molar-refractivity contribution in [3.8, 4) is 0 Å². The summed E-state index contributed by atoms with van der Waals surface area (Å²) in [7, 11) is 0. The fraction of sp³-hybridized carbons (Fsp3) is 0.909. The molecule has 1 saturated carbocycles. The third kappa shape index (κ3) is 2.69. The van der Waals surface area contributed by atoms with Crippen LogP contribution in [0, 0.1) is 0 Å². The summed E-state index contributed by atoms with van der Waals surface area (Å²) in [5, 5.41) is 15.9. The van der Waals surface area contributed by atoms with Gasteiger partial charge in [0, 0.05) is 12.6 Å². The number of carbonyl (C=O) groups is 1. The second-order valence-electron chi connectivity index (χ2n) is 4.61. The molecular weight excluding hydrogens is 192 g/mol. The maximum Gasteiger partial charge on any atom is 0.237 e. The van der Waals surface area contributed by atoms with E-state index in [1.165, 1.54) is 0 Å². The second-order valence-corrected chi connectivity index (χ2v) is 4.61. The first-order chi connectivity index (χ1) is 7.27. The molecule has 4 nitrogen and oxygen atoms in total. The van der Waals surface area contributed by atoms with Crippen LogP contribution in [0.1, 0.15) is 38.5 Å². The van der Waals surface area contributed by atoms with Crippen molar-refractivity contribution in [2.75, 3.05) is 6.54 Å². The van der Waals surface area contributed by atoms with Crippen LogP contribution in [0.3, 0.4) is 0 Å². The molecular formula is C11H20N2O2. The Balaban J connectivity index is 1.86. The molecule has 0 spiro atoms. The average Bonchev–Trinajstić information content (AvgIpc) is 2.24. The van der Waals surface area contributed by atoms with Crippen LogP contribution in [0.25, 0.3) is 0 Å². The number of carbonyl (C=O) groups excluding carboxylic acids is 1. The largest absolute Gasteiger partial charge is 0.392 e. The third-order valence-corrected chi connectivity index (χ3v) is 3.43. The Kier molecular flexibility index (Phi) is 3.59. The molecule has 2 fully saturated rings. The van der Waals surface area contributed by atoms with Gasteiger partial charge in [-0.25, -0.2) is 0 Å². The predicted octanol–water partition coefficient (Wildman–Crippen LogP) is 0.158. The second kappa shape index (κ2) is 4.94. The molecule has 1 amide bonds. The van der Waals surface area contributed by atoms with Gasteiger partial charge >= 0.3 is 0 Å². The van der Waals surface area contributed by atoms with Crippen LogP contribution in [0.15, 0.2) is 0 Å². The number of amides is 1. The summed E-state index contributed by atoms with van der Waals surface area (Å²) >= 11 is 0. The highest BCUT2D eigenvalue weighted by atomic mass is 16.3. The van der Waals surface area contributed by atoms with Crippen molar-refractivity contribution in [2.24, 2.45) is 0 Å². The van der Waals surface area contributed by atoms with Gasteiger partial charge in [-0.15, -0.1) is 0 Å². The maximum absolute atomic E-state index is 11.5. The first-order valence-electron chi connectivity index (χ1n) is 5.99. The number of piperidine rings is 1. The molecule has 86 valence electrons. The zero-order valence-corrected chi connectivity index (χ0v) is 9.04. The molecule has 1 unspecified atom stereocenters. The molecule has 2 rings (SSSR count). The van der Waals surface area contributed by atoms with E-state index >= 15 is 0 Å². The van der Waals surface area contributed by atoms with E-state index in [0.717, 1.165) is 45.1 Å². The van der Waals surface area contributed by atoms with Gasteiger partial charge in [-0.3, -0.25) is 4.79 Å². The summed E-state index contributed by atoms with van der Waals surface area (Å²) in [5.74, 6) is 0.0963. The molecule has 3 N–H and O–H groups in total. The van der Waals surface area contributed by atoms with Crippen molar-refractivity contribution >= 4 is 5.91 Å². The molecule has 0 aromatic carbocycles. The van der Waals surface area contributed by atoms with E-state index in [2.05, 4.69) is 10.6 Å². The van der Waals surface area contributed by atoms with Gasteiger partial charge in [0.25, 0.3) is 0 Å². The van der Waals surface area contributed by atoms with Crippen LogP contribution in [-0.2, 0) is 4.79 Å². The molecule has 1 heterocycles. The zero-order valence-electron chi connectivity index (χ0n) is 9.04. The number of aliphatic hydroxyl groups is 1. The minimum absolute atomic E-state index is 0.0866. The van der Waals surface area contributed by atoms with E-state index in [4.69, 9.17) is 0 Å². The van der Waals surface area contributed by atoms with Crippen molar-refractivity contribution in [1.29, 1.82) is 0 Å². The van der Waals surface area contributed by atoms with Gasteiger partial charge in [0.15, 0.2) is 0 Å². The van der Waals surface area contributed by atoms with E-state index in [0.29, 0.717) is 0 Å². The fourth-order valence-corrected chi connectivity index (χ4v) is 2.50. The lowest BCUT2D eigenvalue weighted by Gasteiger charge is -2.33. The monoisotopic (exact) mass is 212 g/mol. The zero-order chi connectivity index (χ0) is 10.7. The molecule has 1 aliphatic heterocycles. The van der Waals surface area contributed by atoms with Crippen LogP contribution >= 0.6 is 0 Å². The molecule has 2 aliphatic rings. The van der Waals surface area contributed by atoms with Gasteiger partial charge in [-0.2, -0.15) is 0 Å². The number of rotatable bonds is 2. The maximum atomic E-state index is 11.5. The fourth-order valence-electron chi connectivity index (χ4n) is 2.50. The van der Waals surface area contributed by atoms with Crippen LogP contribution in [-0.4, -0.2) is 35.7 Å². The van der Waals surface area contributed by atoms with Gasteiger partial charge < -0.3 is 15.7 Å². The van der Waals surface area contributed by atoms with Gasteiger partial charge in [-0.05, 0) is 25.7 Å². The molecule has 15 heavy (non-hydrogen) atoms. The summed E-state index contributed by atoms with van der Waals surface area (Å²) < 4.78 is 0. The Hall–Kier alpha value is -0.610. The van der Waals surface area contributed by atoms with Gasteiger partial charge in [-0.1, -0.05) is 12.8 Å². The van der Waals surface area contributed by atoms with Gasteiger partial charge in [0.1, 0.15) is 0 Å². The average molecular weight is 212 g/mol. The normalized spacial score (nSPS) is 37.4. The van der Waals surface area contributed by atoms with Crippen LogP contribution < -0.4 is 10.6 Å². The predicted molar refractivity (Wildman–Crippen MR) is 57.4 cm³/mol. The first-order valence-corrected chi connectivity index (χ1v) is 5.99. The van der Waals surface area contributed by atoms with E-state index in [1.54, 1.807) is 0 Å². The van der Waals surface area contributed by atoms with E-state index in [1.807, 2.05) is 0 Å². The van der Waals surface area contributed by atoms with Crippen LogP contribution in [0.2, 0.25) is 0 Å². The number of aliphatic hydroxyl groups excluding tert-OH is 1. The van der Waals surface area contributed by atoms with Gasteiger partial charge in [0.2, 0.25) is 5.91 Å². The lowest BCUT2D eigenvalue weighted by atomic mass is 9.91. The minimum atomic E-state index is -0.270. The number of nitrogens with one attached hydrogen (secondary N) is 2. The SMILES string of the molecule is O=C1NCCCC1N[C@H]1CCCC[C@@H]1O. The Morgan fingerprint density at radius 3 is 2.73 bits per heavy atom. The Morgan fingerprint density at radius 1 is 1.20 bits per heavy atom. The molecule has 4 heteroatoms. The Labute approximate surface area is 90.4 Å². The van der Waals surface area contributed by atoms with Crippen molar-refractivity contribution in [3.05, 3.63) is 0 Å². The van der Waals surface area contributed by atoms with Crippen LogP contribution in [0.5, 0.6) is 0 Å². The van der Waals surface area contributed by atoms with Crippen molar-refractivity contribution in [2.45, 2.75) is 56.7 Å². The lowest BCUT2D eigenvalue weighted by molar-refractivity contribution is -0.125. The molecule has 0 aromatic heterocycles. The molecule has 3 atom stereocenters. The number of hydrogen-bond acceptors (Lipinski definition) is 3. The van der Waals surface area contributed by atoms with E-state index in [9.17, 15) is 9.90 Å². The Bertz CT molecular complexity index is 233. The molecule has 1 saturated heterocycles. The number of hydrogen-bond donors (Lipinski definition) is 3. The topological polar surface area (TPSA) is 61.4 Å². The quantitative estimate of drug-likeness (QED) is 0.611. The first kappa shape index (κ1) is 10.9. The highest BCUT2D eigenvalue weighted by Gasteiger charge is 2.29. The standard InChI is InChI=1S/C11H20N2O2/c14-10-6-2-1-4-8(10)13-9-5-3-7-12-11(9)15/h8-10,13-14H,1-7H2,(H,12,15)/t8-,9?,10-/m0/s1. The van der Waals surface area contributed by atoms with Gasteiger partial charge in [0.05, 0.1) is 12.1 Å².